The molecule has 0 fully saturated rings. The molecule has 2 aromatic heterocycles. The molecule has 1 aromatic carbocycles. The van der Waals surface area contributed by atoms with Crippen LogP contribution in [0.2, 0.25) is 0 Å². The van der Waals surface area contributed by atoms with Crippen molar-refractivity contribution in [3.05, 3.63) is 52.6 Å². The molecule has 0 atom stereocenters. The zero-order valence-corrected chi connectivity index (χ0v) is 9.39. The summed E-state index contributed by atoms with van der Waals surface area (Å²) in [4.78, 5) is 12.3. The molecular formula is C14H12N2O. The summed E-state index contributed by atoms with van der Waals surface area (Å²) in [5, 5.41) is 1.13. The van der Waals surface area contributed by atoms with Gasteiger partial charge >= 0.3 is 0 Å². The van der Waals surface area contributed by atoms with Crippen LogP contribution in [-0.4, -0.2) is 8.97 Å². The number of nitrogens with zero attached hydrogens (tertiary/aromatic N) is 2. The summed E-state index contributed by atoms with van der Waals surface area (Å²) in [6.07, 6.45) is 4.21. The quantitative estimate of drug-likeness (QED) is 0.575. The molecule has 0 saturated heterocycles. The maximum Gasteiger partial charge on any atom is 0.275 e. The average Bonchev–Trinajstić information content (AvgIpc) is 2.94. The summed E-state index contributed by atoms with van der Waals surface area (Å²) in [5.41, 5.74) is 3.21. The van der Waals surface area contributed by atoms with Crippen LogP contribution in [0, 0.1) is 0 Å². The van der Waals surface area contributed by atoms with Gasteiger partial charge < -0.3 is 8.97 Å². The molecule has 3 aromatic rings. The predicted octanol–water partition coefficient (Wildman–Crippen LogP) is 2.20. The first kappa shape index (κ1) is 9.05. The van der Waals surface area contributed by atoms with Crippen LogP contribution in [0.5, 0.6) is 0 Å². The Bertz CT molecular complexity index is 795. The summed E-state index contributed by atoms with van der Waals surface area (Å²) in [7, 11) is 0. The lowest BCUT2D eigenvalue weighted by molar-refractivity contribution is 0.720. The molecule has 4 rings (SSSR count). The Kier molecular flexibility index (Phi) is 1.60. The van der Waals surface area contributed by atoms with E-state index in [1.165, 1.54) is 0 Å². The van der Waals surface area contributed by atoms with Crippen LogP contribution in [0.4, 0.5) is 0 Å². The third-order valence-electron chi connectivity index (χ3n) is 3.65. The third kappa shape index (κ3) is 1.08. The van der Waals surface area contributed by atoms with Crippen molar-refractivity contribution in [1.29, 1.82) is 0 Å². The van der Waals surface area contributed by atoms with Gasteiger partial charge in [-0.15, -0.1) is 0 Å². The maximum absolute atomic E-state index is 12.3. The Labute approximate surface area is 97.9 Å². The fourth-order valence-corrected chi connectivity index (χ4v) is 2.83. The van der Waals surface area contributed by atoms with E-state index in [1.54, 1.807) is 0 Å². The first-order valence-corrected chi connectivity index (χ1v) is 5.97. The first-order chi connectivity index (χ1) is 8.34. The van der Waals surface area contributed by atoms with Crippen molar-refractivity contribution in [2.75, 3.05) is 0 Å². The summed E-state index contributed by atoms with van der Waals surface area (Å²) >= 11 is 0. The fourth-order valence-electron chi connectivity index (χ4n) is 2.83. The van der Waals surface area contributed by atoms with Gasteiger partial charge in [0.05, 0.1) is 5.52 Å². The Morgan fingerprint density at radius 2 is 2.00 bits per heavy atom. The standard InChI is InChI=1S/C14H12N2O/c17-14-13-8-10-4-1-2-6-12(10)16(13)9-11-5-3-7-15(11)14/h1-2,4,6,8-9H,3,5,7H2. The van der Waals surface area contributed by atoms with E-state index in [2.05, 4.69) is 18.3 Å². The number of benzene rings is 1. The molecule has 0 bridgehead atoms. The molecule has 84 valence electrons. The van der Waals surface area contributed by atoms with E-state index in [9.17, 15) is 4.79 Å². The molecule has 0 amide bonds. The lowest BCUT2D eigenvalue weighted by atomic mass is 10.2. The van der Waals surface area contributed by atoms with Gasteiger partial charge in [0, 0.05) is 23.8 Å². The molecular weight excluding hydrogens is 212 g/mol. The summed E-state index contributed by atoms with van der Waals surface area (Å²) in [6.45, 7) is 0.867. The summed E-state index contributed by atoms with van der Waals surface area (Å²) in [5.74, 6) is 0. The van der Waals surface area contributed by atoms with Crippen LogP contribution in [0.1, 0.15) is 12.1 Å². The minimum atomic E-state index is 0.149. The summed E-state index contributed by atoms with van der Waals surface area (Å²) in [6, 6.07) is 10.1. The SMILES string of the molecule is O=c1c2cc3ccccc3n2cc2n1CCC2. The van der Waals surface area contributed by atoms with Gasteiger partial charge in [-0.05, 0) is 25.0 Å². The van der Waals surface area contributed by atoms with Gasteiger partial charge in [0.2, 0.25) is 0 Å². The number of rotatable bonds is 0. The zero-order valence-electron chi connectivity index (χ0n) is 9.39. The number of aromatic nitrogens is 2. The number of hydrogen-bond acceptors (Lipinski definition) is 1. The smallest absolute Gasteiger partial charge is 0.275 e. The molecule has 3 heterocycles. The zero-order chi connectivity index (χ0) is 11.4. The molecule has 3 nitrogen and oxygen atoms in total. The van der Waals surface area contributed by atoms with E-state index in [-0.39, 0.29) is 5.56 Å². The predicted molar refractivity (Wildman–Crippen MR) is 67.5 cm³/mol. The minimum Gasteiger partial charge on any atom is -0.310 e. The van der Waals surface area contributed by atoms with Gasteiger partial charge in [0.1, 0.15) is 5.52 Å². The second-order valence-corrected chi connectivity index (χ2v) is 4.64. The highest BCUT2D eigenvalue weighted by atomic mass is 16.1. The molecule has 0 radical (unpaired) electrons. The van der Waals surface area contributed by atoms with E-state index in [0.29, 0.717) is 0 Å². The van der Waals surface area contributed by atoms with Crippen LogP contribution in [0.15, 0.2) is 41.3 Å². The lowest BCUT2D eigenvalue weighted by Crippen LogP contribution is -2.20. The van der Waals surface area contributed by atoms with E-state index in [0.717, 1.165) is 41.5 Å². The van der Waals surface area contributed by atoms with Crippen molar-refractivity contribution in [2.24, 2.45) is 0 Å². The Morgan fingerprint density at radius 3 is 2.94 bits per heavy atom. The Balaban J connectivity index is 2.28. The number of aryl methyl sites for hydroxylation is 1. The van der Waals surface area contributed by atoms with Crippen molar-refractivity contribution in [2.45, 2.75) is 19.4 Å². The van der Waals surface area contributed by atoms with Crippen molar-refractivity contribution >= 4 is 16.4 Å². The number of fused-ring (bicyclic) bond motifs is 4. The van der Waals surface area contributed by atoms with Crippen molar-refractivity contribution in [3.8, 4) is 0 Å². The molecule has 0 aliphatic carbocycles. The second kappa shape index (κ2) is 3.00. The second-order valence-electron chi connectivity index (χ2n) is 4.64. The largest absolute Gasteiger partial charge is 0.310 e. The van der Waals surface area contributed by atoms with Gasteiger partial charge in [0.15, 0.2) is 0 Å². The highest BCUT2D eigenvalue weighted by Crippen LogP contribution is 2.20. The van der Waals surface area contributed by atoms with E-state index >= 15 is 0 Å². The molecule has 1 aliphatic rings. The lowest BCUT2D eigenvalue weighted by Gasteiger charge is -2.04. The minimum absolute atomic E-state index is 0.149. The van der Waals surface area contributed by atoms with Crippen molar-refractivity contribution in [1.82, 2.24) is 8.97 Å². The fraction of sp³-hybridized carbons (Fsp3) is 0.214. The van der Waals surface area contributed by atoms with E-state index in [4.69, 9.17) is 0 Å². The molecule has 0 spiro atoms. The Hall–Kier alpha value is -2.03. The van der Waals surface area contributed by atoms with Gasteiger partial charge in [-0.3, -0.25) is 4.79 Å². The molecule has 0 unspecified atom stereocenters. The highest BCUT2D eigenvalue weighted by Gasteiger charge is 2.15. The van der Waals surface area contributed by atoms with Gasteiger partial charge in [-0.2, -0.15) is 0 Å². The van der Waals surface area contributed by atoms with Crippen LogP contribution in [-0.2, 0) is 13.0 Å². The number of hydrogen-bond donors (Lipinski definition) is 0. The molecule has 0 N–H and O–H groups in total. The van der Waals surface area contributed by atoms with Gasteiger partial charge in [-0.1, -0.05) is 18.2 Å². The van der Waals surface area contributed by atoms with Crippen molar-refractivity contribution in [3.63, 3.8) is 0 Å². The topological polar surface area (TPSA) is 26.4 Å². The molecule has 17 heavy (non-hydrogen) atoms. The average molecular weight is 224 g/mol. The summed E-state index contributed by atoms with van der Waals surface area (Å²) < 4.78 is 3.95. The molecule has 0 saturated carbocycles. The first-order valence-electron chi connectivity index (χ1n) is 5.97. The normalized spacial score (nSPS) is 14.6. The molecule has 3 heteroatoms. The number of para-hydroxylation sites is 1. The maximum atomic E-state index is 12.3. The molecule has 1 aliphatic heterocycles. The monoisotopic (exact) mass is 224 g/mol. The third-order valence-corrected chi connectivity index (χ3v) is 3.65. The van der Waals surface area contributed by atoms with E-state index < -0.39 is 0 Å². The van der Waals surface area contributed by atoms with Gasteiger partial charge in [0.25, 0.3) is 5.56 Å². The van der Waals surface area contributed by atoms with E-state index in [1.807, 2.05) is 27.2 Å². The van der Waals surface area contributed by atoms with Crippen molar-refractivity contribution < 1.29 is 0 Å². The van der Waals surface area contributed by atoms with Crippen LogP contribution in [0.3, 0.4) is 0 Å². The van der Waals surface area contributed by atoms with Crippen LogP contribution < -0.4 is 5.56 Å². The van der Waals surface area contributed by atoms with Crippen LogP contribution in [0.25, 0.3) is 16.4 Å². The Morgan fingerprint density at radius 1 is 1.12 bits per heavy atom. The van der Waals surface area contributed by atoms with Crippen LogP contribution >= 0.6 is 0 Å². The van der Waals surface area contributed by atoms with Gasteiger partial charge in [-0.25, -0.2) is 0 Å². The highest BCUT2D eigenvalue weighted by molar-refractivity contribution is 5.86.